The molecule has 158 valence electrons. The van der Waals surface area contributed by atoms with Crippen LogP contribution in [0.1, 0.15) is 90.9 Å². The smallest absolute Gasteiger partial charge is 0.243 e. The van der Waals surface area contributed by atoms with Gasteiger partial charge < -0.3 is 9.47 Å². The number of nitrogens with zero attached hydrogens (tertiary/aromatic N) is 2. The molecule has 1 heterocycles. The Balaban J connectivity index is 1.90. The van der Waals surface area contributed by atoms with Crippen molar-refractivity contribution in [2.45, 2.75) is 104 Å². The Labute approximate surface area is 168 Å². The Morgan fingerprint density at radius 2 is 1.22 bits per heavy atom. The van der Waals surface area contributed by atoms with Crippen LogP contribution >= 0.6 is 0 Å². The molecule has 0 unspecified atom stereocenters. The number of rotatable bonds is 20. The zero-order chi connectivity index (χ0) is 19.4. The summed E-state index contributed by atoms with van der Waals surface area (Å²) in [6.07, 6.45) is 21.6. The van der Waals surface area contributed by atoms with Gasteiger partial charge in [0.1, 0.15) is 12.4 Å². The molecule has 0 bridgehead atoms. The monoisotopic (exact) mass is 381 g/mol. The summed E-state index contributed by atoms with van der Waals surface area (Å²) in [6.45, 7) is 10.4. The molecule has 0 fully saturated rings. The van der Waals surface area contributed by atoms with Crippen LogP contribution in [0, 0.1) is 0 Å². The average molecular weight is 382 g/mol. The van der Waals surface area contributed by atoms with Gasteiger partial charge in [0, 0.05) is 26.4 Å². The van der Waals surface area contributed by atoms with E-state index in [9.17, 15) is 0 Å². The second kappa shape index (κ2) is 18.5. The van der Waals surface area contributed by atoms with Crippen LogP contribution in [0.25, 0.3) is 0 Å². The van der Waals surface area contributed by atoms with E-state index in [4.69, 9.17) is 9.47 Å². The molecule has 27 heavy (non-hydrogen) atoms. The minimum Gasteiger partial charge on any atom is -0.381 e. The van der Waals surface area contributed by atoms with E-state index >= 15 is 0 Å². The number of unbranched alkanes of at least 4 members (excludes halogenated alkanes) is 8. The molecule has 0 spiro atoms. The lowest BCUT2D eigenvalue weighted by atomic mass is 10.2. The predicted molar refractivity (Wildman–Crippen MR) is 113 cm³/mol. The van der Waals surface area contributed by atoms with Crippen molar-refractivity contribution < 1.29 is 14.0 Å². The number of hydrogen-bond donors (Lipinski definition) is 0. The Morgan fingerprint density at radius 1 is 0.667 bits per heavy atom. The highest BCUT2D eigenvalue weighted by Gasteiger charge is 2.03. The Kier molecular flexibility index (Phi) is 16.6. The van der Waals surface area contributed by atoms with E-state index in [2.05, 4.69) is 41.7 Å². The molecule has 0 amide bonds. The van der Waals surface area contributed by atoms with Crippen LogP contribution in [0.15, 0.2) is 18.7 Å². The topological polar surface area (TPSA) is 27.3 Å². The highest BCUT2D eigenvalue weighted by Crippen LogP contribution is 2.01. The minimum absolute atomic E-state index is 0.909. The van der Waals surface area contributed by atoms with Crippen LogP contribution in [-0.2, 0) is 22.6 Å². The highest BCUT2D eigenvalue weighted by atomic mass is 16.5. The first-order valence-corrected chi connectivity index (χ1v) is 11.6. The largest absolute Gasteiger partial charge is 0.381 e. The summed E-state index contributed by atoms with van der Waals surface area (Å²) >= 11 is 0. The lowest BCUT2D eigenvalue weighted by molar-refractivity contribution is -0.697. The Hall–Kier alpha value is -0.870. The van der Waals surface area contributed by atoms with E-state index in [1.165, 1.54) is 64.2 Å². The average Bonchev–Trinajstić information content (AvgIpc) is 3.13. The molecule has 1 aromatic heterocycles. The molecule has 0 aliphatic rings. The van der Waals surface area contributed by atoms with Gasteiger partial charge in [-0.25, -0.2) is 9.13 Å². The quantitative estimate of drug-likeness (QED) is 0.219. The fourth-order valence-electron chi connectivity index (χ4n) is 3.17. The van der Waals surface area contributed by atoms with Crippen molar-refractivity contribution in [1.82, 2.24) is 4.57 Å². The first-order chi connectivity index (χ1) is 13.4. The molecule has 1 aromatic rings. The van der Waals surface area contributed by atoms with Gasteiger partial charge in [0.25, 0.3) is 0 Å². The predicted octanol–water partition coefficient (Wildman–Crippen LogP) is 5.53. The van der Waals surface area contributed by atoms with E-state index in [0.29, 0.717) is 0 Å². The first kappa shape index (κ1) is 24.2. The number of aromatic nitrogens is 2. The van der Waals surface area contributed by atoms with Crippen molar-refractivity contribution in [1.29, 1.82) is 0 Å². The highest BCUT2D eigenvalue weighted by molar-refractivity contribution is 4.66. The molecule has 0 N–H and O–H groups in total. The molecule has 0 saturated carbocycles. The summed E-state index contributed by atoms with van der Waals surface area (Å²) in [5.41, 5.74) is 0. The van der Waals surface area contributed by atoms with Gasteiger partial charge in [-0.1, -0.05) is 52.4 Å². The van der Waals surface area contributed by atoms with Gasteiger partial charge in [0.05, 0.1) is 13.1 Å². The molecular weight excluding hydrogens is 336 g/mol. The molecule has 0 aromatic carbocycles. The third kappa shape index (κ3) is 14.8. The van der Waals surface area contributed by atoms with Gasteiger partial charge in [-0.15, -0.1) is 0 Å². The molecule has 4 nitrogen and oxygen atoms in total. The lowest BCUT2D eigenvalue weighted by Gasteiger charge is -2.03. The molecule has 0 radical (unpaired) electrons. The second-order valence-corrected chi connectivity index (χ2v) is 7.65. The minimum atomic E-state index is 0.909. The zero-order valence-corrected chi connectivity index (χ0v) is 18.2. The molecule has 1 rings (SSSR count). The van der Waals surface area contributed by atoms with Crippen molar-refractivity contribution in [3.63, 3.8) is 0 Å². The molecule has 0 saturated heterocycles. The van der Waals surface area contributed by atoms with E-state index in [-0.39, 0.29) is 0 Å². The maximum atomic E-state index is 5.71. The van der Waals surface area contributed by atoms with Crippen molar-refractivity contribution in [3.05, 3.63) is 18.7 Å². The fraction of sp³-hybridized carbons (Fsp3) is 0.870. The van der Waals surface area contributed by atoms with Crippen molar-refractivity contribution in [2.24, 2.45) is 0 Å². The number of aryl methyl sites for hydroxylation is 2. The summed E-state index contributed by atoms with van der Waals surface area (Å²) in [5.74, 6) is 0. The lowest BCUT2D eigenvalue weighted by Crippen LogP contribution is -2.31. The number of imidazole rings is 1. The van der Waals surface area contributed by atoms with Gasteiger partial charge in [-0.05, 0) is 38.5 Å². The van der Waals surface area contributed by atoms with Crippen molar-refractivity contribution in [3.8, 4) is 0 Å². The normalized spacial score (nSPS) is 11.3. The summed E-state index contributed by atoms with van der Waals surface area (Å²) in [5, 5.41) is 0. The molecule has 0 atom stereocenters. The van der Waals surface area contributed by atoms with Gasteiger partial charge in [-0.2, -0.15) is 0 Å². The van der Waals surface area contributed by atoms with E-state index in [0.717, 1.165) is 52.4 Å². The fourth-order valence-corrected chi connectivity index (χ4v) is 3.17. The molecular formula is C23H45N2O2+. The van der Waals surface area contributed by atoms with Gasteiger partial charge in [0.15, 0.2) is 0 Å². The molecule has 0 aliphatic carbocycles. The van der Waals surface area contributed by atoms with Crippen molar-refractivity contribution >= 4 is 0 Å². The summed E-state index contributed by atoms with van der Waals surface area (Å²) in [7, 11) is 0. The maximum absolute atomic E-state index is 5.71. The number of hydrogen-bond acceptors (Lipinski definition) is 2. The Bertz CT molecular complexity index is 384. The van der Waals surface area contributed by atoms with Crippen LogP contribution < -0.4 is 4.57 Å². The zero-order valence-electron chi connectivity index (χ0n) is 18.2. The second-order valence-electron chi connectivity index (χ2n) is 7.65. The van der Waals surface area contributed by atoms with Crippen LogP contribution in [-0.4, -0.2) is 31.0 Å². The van der Waals surface area contributed by atoms with Crippen molar-refractivity contribution in [2.75, 3.05) is 26.4 Å². The third-order valence-electron chi connectivity index (χ3n) is 4.94. The van der Waals surface area contributed by atoms with Crippen LogP contribution in [0.4, 0.5) is 0 Å². The third-order valence-corrected chi connectivity index (χ3v) is 4.94. The molecule has 0 aliphatic heterocycles. The molecule has 4 heteroatoms. The summed E-state index contributed by atoms with van der Waals surface area (Å²) in [4.78, 5) is 0. The standard InChI is InChI=1S/C23H45N2O2/c1-3-5-7-11-19-26-21-13-9-15-24-17-18-25(23-24)16-10-14-22-27-20-12-8-6-4-2/h17-18,23H,3-16,19-22H2,1-2H3/q+1. The van der Waals surface area contributed by atoms with Crippen LogP contribution in [0.5, 0.6) is 0 Å². The van der Waals surface area contributed by atoms with Crippen LogP contribution in [0.3, 0.4) is 0 Å². The summed E-state index contributed by atoms with van der Waals surface area (Å²) < 4.78 is 16.0. The van der Waals surface area contributed by atoms with E-state index < -0.39 is 0 Å². The number of ether oxygens (including phenoxy) is 2. The van der Waals surface area contributed by atoms with E-state index in [1.54, 1.807) is 0 Å². The van der Waals surface area contributed by atoms with Gasteiger partial charge in [0.2, 0.25) is 6.33 Å². The van der Waals surface area contributed by atoms with E-state index in [1.807, 2.05) is 0 Å². The van der Waals surface area contributed by atoms with Gasteiger partial charge in [-0.3, -0.25) is 0 Å². The summed E-state index contributed by atoms with van der Waals surface area (Å²) in [6, 6.07) is 0. The van der Waals surface area contributed by atoms with Gasteiger partial charge >= 0.3 is 0 Å². The SMILES string of the molecule is CCCCCCOCCCCn1cc[n+](CCCCOCCCCCC)c1. The Morgan fingerprint density at radius 3 is 1.81 bits per heavy atom. The maximum Gasteiger partial charge on any atom is 0.243 e. The van der Waals surface area contributed by atoms with Crippen LogP contribution in [0.2, 0.25) is 0 Å². The first-order valence-electron chi connectivity index (χ1n) is 11.6.